The molecule has 0 saturated carbocycles. The van der Waals surface area contributed by atoms with E-state index in [9.17, 15) is 4.79 Å². The van der Waals surface area contributed by atoms with E-state index in [1.807, 2.05) is 0 Å². The summed E-state index contributed by atoms with van der Waals surface area (Å²) in [4.78, 5) is 18.9. The number of hydrogen-bond acceptors (Lipinski definition) is 4. The zero-order valence-corrected chi connectivity index (χ0v) is 6.21. The molecule has 0 aromatic carbocycles. The van der Waals surface area contributed by atoms with Crippen molar-refractivity contribution in [3.63, 3.8) is 0 Å². The molecule has 4 nitrogen and oxygen atoms in total. The average molecular weight is 146 g/mol. The van der Waals surface area contributed by atoms with Gasteiger partial charge in [-0.15, -0.1) is 0 Å². The minimum Gasteiger partial charge on any atom is -0.490 e. The predicted molar refractivity (Wildman–Crippen MR) is 33.9 cm³/mol. The van der Waals surface area contributed by atoms with Crippen LogP contribution in [0.2, 0.25) is 0 Å². The Balaban J connectivity index is 3.91. The molecule has 0 N–H and O–H groups in total. The van der Waals surface area contributed by atoms with E-state index in [0.29, 0.717) is 0 Å². The standard InChI is InChI=1S/C6H10O4/c1-4-5(8-2)6(7)10-9-3/h4H,1-3H3. The quantitative estimate of drug-likeness (QED) is 0.254. The van der Waals surface area contributed by atoms with Crippen molar-refractivity contribution in [1.82, 2.24) is 0 Å². The Morgan fingerprint density at radius 1 is 1.40 bits per heavy atom. The van der Waals surface area contributed by atoms with Crippen molar-refractivity contribution in [2.75, 3.05) is 14.2 Å². The monoisotopic (exact) mass is 146 g/mol. The molecule has 0 saturated heterocycles. The Labute approximate surface area is 59.3 Å². The Morgan fingerprint density at radius 3 is 2.30 bits per heavy atom. The summed E-state index contributed by atoms with van der Waals surface area (Å²) < 4.78 is 4.62. The van der Waals surface area contributed by atoms with Crippen molar-refractivity contribution in [3.8, 4) is 0 Å². The first kappa shape index (κ1) is 8.97. The van der Waals surface area contributed by atoms with Gasteiger partial charge in [-0.1, -0.05) is 0 Å². The topological polar surface area (TPSA) is 44.8 Å². The van der Waals surface area contributed by atoms with E-state index in [4.69, 9.17) is 0 Å². The van der Waals surface area contributed by atoms with Gasteiger partial charge in [0, 0.05) is 0 Å². The number of hydrogen-bond donors (Lipinski definition) is 0. The Hall–Kier alpha value is -1.03. The first-order valence-electron chi connectivity index (χ1n) is 2.71. The van der Waals surface area contributed by atoms with E-state index in [2.05, 4.69) is 14.5 Å². The van der Waals surface area contributed by atoms with Crippen molar-refractivity contribution in [3.05, 3.63) is 11.8 Å². The summed E-state index contributed by atoms with van der Waals surface area (Å²) in [7, 11) is 2.63. The number of ether oxygens (including phenoxy) is 1. The molecular weight excluding hydrogens is 136 g/mol. The van der Waals surface area contributed by atoms with Gasteiger partial charge in [-0.2, -0.15) is 4.89 Å². The molecule has 58 valence electrons. The van der Waals surface area contributed by atoms with Crippen molar-refractivity contribution in [2.45, 2.75) is 6.92 Å². The number of carbonyl (C=O) groups is 1. The first-order chi connectivity index (χ1) is 4.76. The highest BCUT2D eigenvalue weighted by atomic mass is 17.2. The molecule has 0 rings (SSSR count). The van der Waals surface area contributed by atoms with E-state index in [-0.39, 0.29) is 5.76 Å². The number of allylic oxidation sites excluding steroid dienone is 1. The second-order valence-electron chi connectivity index (χ2n) is 1.39. The van der Waals surface area contributed by atoms with Crippen LogP contribution in [0.1, 0.15) is 6.92 Å². The molecule has 0 aromatic heterocycles. The second-order valence-corrected chi connectivity index (χ2v) is 1.39. The lowest BCUT2D eigenvalue weighted by Gasteiger charge is -2.01. The number of carbonyl (C=O) groups excluding carboxylic acids is 1. The summed E-state index contributed by atoms with van der Waals surface area (Å²) >= 11 is 0. The molecule has 4 heteroatoms. The third-order valence-corrected chi connectivity index (χ3v) is 0.842. The molecule has 0 spiro atoms. The van der Waals surface area contributed by atoms with Crippen LogP contribution in [0, 0.1) is 0 Å². The van der Waals surface area contributed by atoms with E-state index in [1.165, 1.54) is 20.3 Å². The van der Waals surface area contributed by atoms with Crippen molar-refractivity contribution < 1.29 is 19.3 Å². The molecule has 10 heavy (non-hydrogen) atoms. The molecule has 0 aliphatic rings. The average Bonchev–Trinajstić information content (AvgIpc) is 1.91. The van der Waals surface area contributed by atoms with Gasteiger partial charge in [-0.05, 0) is 13.0 Å². The highest BCUT2D eigenvalue weighted by Gasteiger charge is 2.09. The SMILES string of the molecule is CC=C(OC)C(=O)OOC. The third-order valence-electron chi connectivity index (χ3n) is 0.842. The highest BCUT2D eigenvalue weighted by molar-refractivity contribution is 5.85. The first-order valence-corrected chi connectivity index (χ1v) is 2.71. The molecule has 0 fully saturated rings. The summed E-state index contributed by atoms with van der Waals surface area (Å²) in [6, 6.07) is 0. The molecule has 0 radical (unpaired) electrons. The van der Waals surface area contributed by atoms with E-state index in [0.717, 1.165) is 0 Å². The van der Waals surface area contributed by atoms with Gasteiger partial charge in [-0.3, -0.25) is 4.89 Å². The number of rotatable bonds is 3. The van der Waals surface area contributed by atoms with Gasteiger partial charge in [0.25, 0.3) is 0 Å². The van der Waals surface area contributed by atoms with Gasteiger partial charge in [0.2, 0.25) is 5.76 Å². The lowest BCUT2D eigenvalue weighted by Crippen LogP contribution is -2.08. The third kappa shape index (κ3) is 2.50. The van der Waals surface area contributed by atoms with Gasteiger partial charge in [-0.25, -0.2) is 4.79 Å². The molecule has 0 bridgehead atoms. The minimum atomic E-state index is -0.632. The number of methoxy groups -OCH3 is 1. The van der Waals surface area contributed by atoms with Gasteiger partial charge in [0.05, 0.1) is 14.2 Å². The van der Waals surface area contributed by atoms with Crippen LogP contribution >= 0.6 is 0 Å². The largest absolute Gasteiger partial charge is 0.490 e. The van der Waals surface area contributed by atoms with Gasteiger partial charge >= 0.3 is 5.97 Å². The molecule has 0 aliphatic carbocycles. The van der Waals surface area contributed by atoms with Gasteiger partial charge in [0.1, 0.15) is 0 Å². The van der Waals surface area contributed by atoms with Crippen LogP contribution in [-0.4, -0.2) is 20.2 Å². The maximum atomic E-state index is 10.7. The fourth-order valence-corrected chi connectivity index (χ4v) is 0.436. The lowest BCUT2D eigenvalue weighted by molar-refractivity contribution is -0.253. The summed E-state index contributed by atoms with van der Waals surface area (Å²) in [5.41, 5.74) is 0. The Bertz CT molecular complexity index is 139. The fourth-order valence-electron chi connectivity index (χ4n) is 0.436. The molecular formula is C6H10O4. The highest BCUT2D eigenvalue weighted by Crippen LogP contribution is 1.97. The van der Waals surface area contributed by atoms with Crippen molar-refractivity contribution >= 4 is 5.97 Å². The van der Waals surface area contributed by atoms with Crippen molar-refractivity contribution in [1.29, 1.82) is 0 Å². The summed E-state index contributed by atoms with van der Waals surface area (Å²) in [5.74, 6) is -0.505. The summed E-state index contributed by atoms with van der Waals surface area (Å²) in [5, 5.41) is 0. The molecule has 0 atom stereocenters. The zero-order valence-electron chi connectivity index (χ0n) is 6.21. The maximum absolute atomic E-state index is 10.7. The fraction of sp³-hybridized carbons (Fsp3) is 0.500. The van der Waals surface area contributed by atoms with Crippen molar-refractivity contribution in [2.24, 2.45) is 0 Å². The second kappa shape index (κ2) is 4.81. The van der Waals surface area contributed by atoms with Gasteiger partial charge in [0.15, 0.2) is 0 Å². The van der Waals surface area contributed by atoms with Crippen LogP contribution < -0.4 is 0 Å². The molecule has 0 aliphatic heterocycles. The van der Waals surface area contributed by atoms with E-state index >= 15 is 0 Å². The predicted octanol–water partition coefficient (Wildman–Crippen LogP) is 0.641. The van der Waals surface area contributed by atoms with Crippen LogP contribution in [0.15, 0.2) is 11.8 Å². The Morgan fingerprint density at radius 2 is 2.00 bits per heavy atom. The summed E-state index contributed by atoms with van der Waals surface area (Å²) in [6.45, 7) is 1.66. The van der Waals surface area contributed by atoms with E-state index < -0.39 is 5.97 Å². The van der Waals surface area contributed by atoms with Crippen LogP contribution in [0.4, 0.5) is 0 Å². The van der Waals surface area contributed by atoms with E-state index in [1.54, 1.807) is 6.92 Å². The Kier molecular flexibility index (Phi) is 4.32. The maximum Gasteiger partial charge on any atom is 0.406 e. The normalized spacial score (nSPS) is 10.9. The minimum absolute atomic E-state index is 0.127. The van der Waals surface area contributed by atoms with Crippen LogP contribution in [0.3, 0.4) is 0 Å². The molecule has 0 unspecified atom stereocenters. The van der Waals surface area contributed by atoms with Crippen LogP contribution in [-0.2, 0) is 19.3 Å². The van der Waals surface area contributed by atoms with Crippen LogP contribution in [0.25, 0.3) is 0 Å². The summed E-state index contributed by atoms with van der Waals surface area (Å²) in [6.07, 6.45) is 1.49. The molecule has 0 heterocycles. The lowest BCUT2D eigenvalue weighted by atomic mass is 10.5. The smallest absolute Gasteiger partial charge is 0.406 e. The molecule has 0 aromatic rings. The molecule has 0 amide bonds. The van der Waals surface area contributed by atoms with Crippen LogP contribution in [0.5, 0.6) is 0 Å². The van der Waals surface area contributed by atoms with Gasteiger partial charge < -0.3 is 4.74 Å². The zero-order chi connectivity index (χ0) is 7.98.